The molecule has 1 amide bonds. The zero-order chi connectivity index (χ0) is 33.2. The molecule has 0 radical (unpaired) electrons. The molecule has 250 valence electrons. The van der Waals surface area contributed by atoms with Crippen LogP contribution in [0.2, 0.25) is 0 Å². The van der Waals surface area contributed by atoms with Crippen molar-refractivity contribution < 1.29 is 29.0 Å². The maximum atomic E-state index is 12.9. The van der Waals surface area contributed by atoms with E-state index in [9.17, 15) is 19.8 Å². The van der Waals surface area contributed by atoms with Crippen LogP contribution in [0.3, 0.4) is 0 Å². The van der Waals surface area contributed by atoms with E-state index in [1.807, 2.05) is 48.5 Å². The zero-order valence-corrected chi connectivity index (χ0v) is 27.3. The van der Waals surface area contributed by atoms with Crippen LogP contribution in [0.4, 0.5) is 10.5 Å². The van der Waals surface area contributed by atoms with Crippen molar-refractivity contribution in [2.75, 3.05) is 52.2 Å². The molecular weight excluding hydrogens is 596 g/mol. The van der Waals surface area contributed by atoms with Crippen molar-refractivity contribution in [1.82, 2.24) is 10.3 Å². The molecule has 5 rings (SSSR count). The largest absolute Gasteiger partial charge is 0.506 e. The Labute approximate surface area is 275 Å². The number of phenolic OH excluding ortho intramolecular Hbond substituents is 1. The van der Waals surface area contributed by atoms with E-state index in [1.54, 1.807) is 12.1 Å². The van der Waals surface area contributed by atoms with Crippen molar-refractivity contribution >= 4 is 22.7 Å². The van der Waals surface area contributed by atoms with Gasteiger partial charge in [0.25, 0.3) is 0 Å². The van der Waals surface area contributed by atoms with E-state index in [1.165, 1.54) is 12.1 Å². The van der Waals surface area contributed by atoms with Gasteiger partial charge in [-0.3, -0.25) is 10.1 Å². The second-order valence-corrected chi connectivity index (χ2v) is 13.0. The van der Waals surface area contributed by atoms with Crippen molar-refractivity contribution in [2.24, 2.45) is 0 Å². The number of hydrogen-bond donors (Lipinski definition) is 5. The Balaban J connectivity index is 1.04. The van der Waals surface area contributed by atoms with Crippen LogP contribution in [0.25, 0.3) is 22.0 Å². The highest BCUT2D eigenvalue weighted by atomic mass is 16.6. The van der Waals surface area contributed by atoms with Crippen LogP contribution in [0.1, 0.15) is 50.2 Å². The van der Waals surface area contributed by atoms with Crippen LogP contribution in [-0.2, 0) is 4.74 Å². The number of anilines is 1. The number of piperidine rings is 1. The number of aliphatic hydroxyl groups is 1. The van der Waals surface area contributed by atoms with Crippen LogP contribution in [-0.4, -0.2) is 78.8 Å². The summed E-state index contributed by atoms with van der Waals surface area (Å²) in [4.78, 5) is 27.2. The summed E-state index contributed by atoms with van der Waals surface area (Å²) in [6, 6.07) is 21.9. The topological polar surface area (TPSA) is 133 Å². The lowest BCUT2D eigenvalue weighted by Gasteiger charge is -2.36. The number of fused-ring (bicyclic) bond motifs is 1. The van der Waals surface area contributed by atoms with Gasteiger partial charge in [-0.15, -0.1) is 0 Å². The summed E-state index contributed by atoms with van der Waals surface area (Å²) in [5, 5.41) is 27.7. The molecule has 0 saturated carbocycles. The number of rotatable bonds is 14. The molecule has 3 aromatic carbocycles. The maximum absolute atomic E-state index is 12.9. The lowest BCUT2D eigenvalue weighted by atomic mass is 10.0. The number of quaternary nitrogens is 1. The van der Waals surface area contributed by atoms with Crippen molar-refractivity contribution in [3.63, 3.8) is 0 Å². The molecule has 1 atom stereocenters. The summed E-state index contributed by atoms with van der Waals surface area (Å²) in [5.41, 5.74) is 3.24. The Hall–Kier alpha value is -4.38. The SMILES string of the molecule is C[N+]1(C)CCC(OC(=O)Nc2cc(OCCCCCCNC[C@@H](O)c3ccc(O)c4[nH]c(=O)ccc34)ccc2-c2ccccc2)CC1. The van der Waals surface area contributed by atoms with Gasteiger partial charge in [0.1, 0.15) is 17.6 Å². The number of aromatic amines is 1. The summed E-state index contributed by atoms with van der Waals surface area (Å²) in [7, 11) is 4.40. The number of H-pyrrole nitrogens is 1. The molecule has 5 N–H and O–H groups in total. The van der Waals surface area contributed by atoms with Crippen LogP contribution in [0.5, 0.6) is 11.5 Å². The summed E-state index contributed by atoms with van der Waals surface area (Å²) in [6.45, 7) is 3.66. The number of aliphatic hydroxyl groups excluding tert-OH is 1. The molecule has 0 aliphatic carbocycles. The molecule has 10 nitrogen and oxygen atoms in total. The predicted molar refractivity (Wildman–Crippen MR) is 185 cm³/mol. The van der Waals surface area contributed by atoms with Gasteiger partial charge in [-0.1, -0.05) is 49.2 Å². The molecule has 1 saturated heterocycles. The summed E-state index contributed by atoms with van der Waals surface area (Å²) in [5.74, 6) is 0.670. The average Bonchev–Trinajstić information content (AvgIpc) is 3.06. The molecule has 0 spiro atoms. The Bertz CT molecular complexity index is 1680. The molecular formula is C37H47N4O6+. The number of likely N-dealkylation sites (tertiary alicyclic amines) is 1. The third kappa shape index (κ3) is 9.57. The number of phenols is 1. The minimum atomic E-state index is -0.772. The first-order valence-electron chi connectivity index (χ1n) is 16.5. The minimum Gasteiger partial charge on any atom is -0.506 e. The number of amides is 1. The van der Waals surface area contributed by atoms with Gasteiger partial charge in [0.2, 0.25) is 5.56 Å². The number of hydrogen-bond acceptors (Lipinski definition) is 7. The van der Waals surface area contributed by atoms with Crippen LogP contribution in [0, 0.1) is 0 Å². The third-order valence-electron chi connectivity index (χ3n) is 8.82. The first-order chi connectivity index (χ1) is 22.7. The second kappa shape index (κ2) is 15.9. The first-order valence-corrected chi connectivity index (χ1v) is 16.5. The molecule has 0 unspecified atom stereocenters. The van der Waals surface area contributed by atoms with Crippen molar-refractivity contribution in [2.45, 2.75) is 50.7 Å². The number of pyridine rings is 1. The Morgan fingerprint density at radius 2 is 1.74 bits per heavy atom. The van der Waals surface area contributed by atoms with Crippen molar-refractivity contribution in [3.05, 3.63) is 88.7 Å². The highest BCUT2D eigenvalue weighted by Gasteiger charge is 2.28. The standard InChI is InChI=1S/C37H46N4O6/c1-41(2)21-18-27(19-22-41)47-37(45)39-32-24-28(12-13-29(32)26-10-6-5-7-11-26)46-23-9-4-3-8-20-38-25-34(43)30-14-16-33(42)36-31(30)15-17-35(44)40-36/h5-7,10-17,24,27,34,38,43H,3-4,8-9,18-23,25H2,1-2H3,(H2-,39,40,42,44,45)/p+1/t34-/m1/s1. The highest BCUT2D eigenvalue weighted by molar-refractivity contribution is 5.92. The van der Waals surface area contributed by atoms with Gasteiger partial charge in [0, 0.05) is 42.5 Å². The molecule has 4 aromatic rings. The van der Waals surface area contributed by atoms with Gasteiger partial charge in [-0.05, 0) is 54.8 Å². The number of carbonyl (C=O) groups is 1. The number of ether oxygens (including phenoxy) is 2. The van der Waals surface area contributed by atoms with E-state index in [2.05, 4.69) is 29.7 Å². The van der Waals surface area contributed by atoms with E-state index < -0.39 is 12.2 Å². The second-order valence-electron chi connectivity index (χ2n) is 13.0. The van der Waals surface area contributed by atoms with Crippen molar-refractivity contribution in [3.8, 4) is 22.6 Å². The molecule has 1 aliphatic rings. The molecule has 47 heavy (non-hydrogen) atoms. The first kappa shape index (κ1) is 34.0. The fourth-order valence-electron chi connectivity index (χ4n) is 6.03. The number of nitrogens with zero attached hydrogens (tertiary/aromatic N) is 1. The van der Waals surface area contributed by atoms with E-state index in [0.717, 1.165) is 73.8 Å². The quantitative estimate of drug-likeness (QED) is 0.0847. The smallest absolute Gasteiger partial charge is 0.411 e. The van der Waals surface area contributed by atoms with E-state index in [0.29, 0.717) is 41.1 Å². The van der Waals surface area contributed by atoms with Gasteiger partial charge in [0.15, 0.2) is 0 Å². The molecule has 1 aliphatic heterocycles. The molecule has 1 fully saturated rings. The van der Waals surface area contributed by atoms with E-state index >= 15 is 0 Å². The molecule has 2 heterocycles. The Morgan fingerprint density at radius 1 is 0.979 bits per heavy atom. The van der Waals surface area contributed by atoms with Gasteiger partial charge in [0.05, 0.1) is 51.1 Å². The summed E-state index contributed by atoms with van der Waals surface area (Å²) >= 11 is 0. The predicted octanol–water partition coefficient (Wildman–Crippen LogP) is 5.95. The van der Waals surface area contributed by atoms with E-state index in [4.69, 9.17) is 9.47 Å². The fraction of sp³-hybridized carbons (Fsp3) is 0.405. The maximum Gasteiger partial charge on any atom is 0.411 e. The Kier molecular flexibility index (Phi) is 11.5. The Morgan fingerprint density at radius 3 is 2.53 bits per heavy atom. The molecule has 10 heteroatoms. The fourth-order valence-corrected chi connectivity index (χ4v) is 6.03. The lowest BCUT2D eigenvalue weighted by molar-refractivity contribution is -0.896. The van der Waals surface area contributed by atoms with Gasteiger partial charge in [-0.2, -0.15) is 0 Å². The molecule has 1 aromatic heterocycles. The highest BCUT2D eigenvalue weighted by Crippen LogP contribution is 2.32. The number of unbranched alkanes of at least 4 members (excludes halogenated alkanes) is 3. The number of benzene rings is 3. The average molecular weight is 644 g/mol. The summed E-state index contributed by atoms with van der Waals surface area (Å²) < 4.78 is 12.8. The van der Waals surface area contributed by atoms with Crippen LogP contribution >= 0.6 is 0 Å². The minimum absolute atomic E-state index is 0.0229. The molecule has 0 bridgehead atoms. The monoisotopic (exact) mass is 643 g/mol. The van der Waals surface area contributed by atoms with Crippen LogP contribution in [0.15, 0.2) is 77.6 Å². The number of nitrogens with one attached hydrogen (secondary N) is 3. The number of aromatic nitrogens is 1. The van der Waals surface area contributed by atoms with Gasteiger partial charge in [-0.25, -0.2) is 4.79 Å². The summed E-state index contributed by atoms with van der Waals surface area (Å²) in [6.07, 6.45) is 4.28. The zero-order valence-electron chi connectivity index (χ0n) is 27.3. The van der Waals surface area contributed by atoms with Gasteiger partial charge < -0.3 is 34.5 Å². The number of carbonyl (C=O) groups excluding carboxylic acids is 1. The van der Waals surface area contributed by atoms with E-state index in [-0.39, 0.29) is 17.4 Å². The third-order valence-corrected chi connectivity index (χ3v) is 8.82. The van der Waals surface area contributed by atoms with Crippen molar-refractivity contribution in [1.29, 1.82) is 0 Å². The normalized spacial score (nSPS) is 15.3. The van der Waals surface area contributed by atoms with Crippen LogP contribution < -0.4 is 20.9 Å². The number of aromatic hydroxyl groups is 1. The lowest BCUT2D eigenvalue weighted by Crippen LogP contribution is -2.48. The van der Waals surface area contributed by atoms with Gasteiger partial charge >= 0.3 is 6.09 Å².